The summed E-state index contributed by atoms with van der Waals surface area (Å²) in [6.45, 7) is -0.671. The Labute approximate surface area is 515 Å². The number of carbonyl (C=O) groups excluding carboxylic acids is 2. The Morgan fingerprint density at radius 3 is 1.65 bits per heavy atom. The van der Waals surface area contributed by atoms with E-state index in [1.807, 2.05) is 0 Å². The molecule has 4 aromatic carbocycles. The Hall–Kier alpha value is -7.77. The van der Waals surface area contributed by atoms with Gasteiger partial charge in [0.05, 0.1) is 52.3 Å². The number of rotatable bonds is 21. The van der Waals surface area contributed by atoms with E-state index in [0.29, 0.717) is 11.1 Å². The minimum Gasteiger partial charge on any atom is -0.507 e. The number of fused-ring (bicyclic) bond motifs is 1. The number of aliphatic hydroxyl groups excluding tert-OH is 12. The average Bonchev–Trinajstić information content (AvgIpc) is 0.801. The van der Waals surface area contributed by atoms with Crippen LogP contribution in [-0.4, -0.2) is 253 Å². The molecule has 9 rings (SSSR count). The lowest BCUT2D eigenvalue weighted by Crippen LogP contribution is -2.62. The Morgan fingerprint density at radius 2 is 1.04 bits per heavy atom. The quantitative estimate of drug-likeness (QED) is 0.0224. The van der Waals surface area contributed by atoms with Gasteiger partial charge in [-0.2, -0.15) is 0 Å². The molecule has 5 heterocycles. The highest BCUT2D eigenvalue weighted by Crippen LogP contribution is 2.46. The highest BCUT2D eigenvalue weighted by atomic mass is 16.7. The van der Waals surface area contributed by atoms with Crippen molar-refractivity contribution in [3.8, 4) is 63.1 Å². The molecule has 5 aromatic rings. The van der Waals surface area contributed by atoms with Gasteiger partial charge in [0.15, 0.2) is 35.4 Å². The molecule has 0 bridgehead atoms. The van der Waals surface area contributed by atoms with Crippen molar-refractivity contribution >= 4 is 35.1 Å². The third-order valence-electron chi connectivity index (χ3n) is 15.2. The molecule has 31 nitrogen and oxygen atoms in total. The predicted octanol–water partition coefficient (Wildman–Crippen LogP) is -1.56. The van der Waals surface area contributed by atoms with Gasteiger partial charge in [-0.05, 0) is 54.5 Å². The molecule has 4 saturated heterocycles. The monoisotopic (exact) mass is 1290 g/mol. The van der Waals surface area contributed by atoms with Crippen molar-refractivity contribution in [2.75, 3.05) is 41.2 Å². The molecule has 4 fully saturated rings. The molecule has 31 heteroatoms. The van der Waals surface area contributed by atoms with Crippen molar-refractivity contribution in [3.05, 3.63) is 96.1 Å². The van der Waals surface area contributed by atoms with Crippen LogP contribution in [0.4, 0.5) is 0 Å². The molecule has 4 aliphatic heterocycles. The van der Waals surface area contributed by atoms with E-state index in [0.717, 1.165) is 24.3 Å². The second-order valence-corrected chi connectivity index (χ2v) is 21.3. The van der Waals surface area contributed by atoms with Crippen LogP contribution in [0.5, 0.6) is 51.7 Å². The van der Waals surface area contributed by atoms with Gasteiger partial charge in [-0.15, -0.1) is 0 Å². The summed E-state index contributed by atoms with van der Waals surface area (Å²) in [4.78, 5) is 25.6. The van der Waals surface area contributed by atoms with Gasteiger partial charge in [0, 0.05) is 36.4 Å². The number of esters is 2. The first-order chi connectivity index (χ1) is 43.4. The van der Waals surface area contributed by atoms with Gasteiger partial charge in [0.25, 0.3) is 0 Å². The molecule has 91 heavy (non-hydrogen) atoms. The van der Waals surface area contributed by atoms with Crippen LogP contribution in [0.2, 0.25) is 0 Å². The smallest absolute Gasteiger partial charge is 0.402 e. The first-order valence-electron chi connectivity index (χ1n) is 28.0. The van der Waals surface area contributed by atoms with Crippen LogP contribution in [0.3, 0.4) is 0 Å². The van der Waals surface area contributed by atoms with E-state index in [9.17, 15) is 86.2 Å². The number of carbonyl (C=O) groups is 2. The molecule has 0 spiro atoms. The van der Waals surface area contributed by atoms with Crippen molar-refractivity contribution in [2.45, 2.75) is 130 Å². The maximum absolute atomic E-state index is 13.1. The molecule has 0 radical (unpaired) electrons. The largest absolute Gasteiger partial charge is 0.507 e. The molecule has 0 saturated carbocycles. The fraction of sp³-hybridized carbons (Fsp3) is 0.450. The van der Waals surface area contributed by atoms with Crippen molar-refractivity contribution < 1.29 is 152 Å². The number of ether oxygens (including phenoxy) is 13. The highest BCUT2D eigenvalue weighted by molar-refractivity contribution is 5.90. The number of aliphatic hydroxyl groups is 12. The number of benzene rings is 4. The van der Waals surface area contributed by atoms with Crippen molar-refractivity contribution in [2.24, 2.45) is 0 Å². The van der Waals surface area contributed by atoms with Crippen LogP contribution < -0.4 is 28.4 Å². The summed E-state index contributed by atoms with van der Waals surface area (Å²) in [5.41, 5.74) is 0.831. The van der Waals surface area contributed by atoms with E-state index in [1.54, 1.807) is 0 Å². The van der Waals surface area contributed by atoms with Crippen LogP contribution in [0.15, 0.2) is 89.4 Å². The summed E-state index contributed by atoms with van der Waals surface area (Å²) < 4.78 is 79.2. The number of hydrogen-bond donors (Lipinski definition) is 15. The number of aromatic hydroxyl groups is 3. The predicted molar refractivity (Wildman–Crippen MR) is 304 cm³/mol. The fourth-order valence-corrected chi connectivity index (χ4v) is 10.1. The lowest BCUT2D eigenvalue weighted by atomic mass is 9.98. The van der Waals surface area contributed by atoms with Gasteiger partial charge < -0.3 is 138 Å². The van der Waals surface area contributed by atoms with E-state index in [4.69, 9.17) is 66.0 Å². The summed E-state index contributed by atoms with van der Waals surface area (Å²) in [7, 11) is 3.86. The second-order valence-electron chi connectivity index (χ2n) is 21.3. The zero-order valence-corrected chi connectivity index (χ0v) is 48.6. The summed E-state index contributed by atoms with van der Waals surface area (Å²) in [6, 6.07) is 16.3. The van der Waals surface area contributed by atoms with Crippen molar-refractivity contribution in [1.82, 2.24) is 0 Å². The van der Waals surface area contributed by atoms with Crippen molar-refractivity contribution in [3.63, 3.8) is 0 Å². The first kappa shape index (κ1) is 67.6. The van der Waals surface area contributed by atoms with Crippen molar-refractivity contribution in [1.29, 1.82) is 0 Å². The normalized spacial score (nSPS) is 31.9. The van der Waals surface area contributed by atoms with Crippen LogP contribution >= 0.6 is 0 Å². The van der Waals surface area contributed by atoms with Gasteiger partial charge in [-0.3, -0.25) is 0 Å². The van der Waals surface area contributed by atoms with Crippen LogP contribution in [0, 0.1) is 0 Å². The number of phenolic OH excluding ortho intramolecular Hbond substituents is 3. The summed E-state index contributed by atoms with van der Waals surface area (Å²) in [6.07, 6.45) is -29.5. The fourth-order valence-electron chi connectivity index (χ4n) is 10.1. The van der Waals surface area contributed by atoms with Crippen LogP contribution in [0.25, 0.3) is 34.4 Å². The summed E-state index contributed by atoms with van der Waals surface area (Å²) >= 11 is 0. The molecule has 494 valence electrons. The Morgan fingerprint density at radius 1 is 0.516 bits per heavy atom. The standard InChI is InChI=1S/C60H68O31/c1-24-55(91-42(65)14-8-25-5-10-29(11-6-25)84-58-51(74)48(71)45(68)39(89-58)22-81-41(64)13-9-26-7-12-31(63)34(15-26)78-2)50(73)54(77)57(83-24)82-23-40-46(69)49(72)53(76)60(90-40)87-37-20-30-32(85-56(37)27-16-35(79-3)43(66)36(17-27)80-4)18-28(62)19-33(30)86-59-52(75)47(70)44(67)38(21-61)88-59/h5-20,24,38-40,44-55,57-61,67-77H,21-23H2,1-4H3,(H2-,62,63,64,66)/p+1/b14-8+/t24?,38?,39?,40-,44?,45-,46-,47+,48+,49?,50?,51?,52?,53?,54+,55+,57-,58-,59-,60-/m1/s1. The van der Waals surface area contributed by atoms with E-state index < -0.39 is 166 Å². The summed E-state index contributed by atoms with van der Waals surface area (Å²) in [5, 5.41) is 161. The van der Waals surface area contributed by atoms with Gasteiger partial charge in [0.2, 0.25) is 30.4 Å². The van der Waals surface area contributed by atoms with Gasteiger partial charge in [-0.1, -0.05) is 18.2 Å². The maximum atomic E-state index is 13.1. The third kappa shape index (κ3) is 15.1. The number of phenols is 3. The second kappa shape index (κ2) is 29.2. The molecule has 15 N–H and O–H groups in total. The SMILES string of the molecule is COc1cc(/C=C/C(=O)OCC2O[C@@H](Oc3ccc(/C=C/C(=O)O[C@H]4C(C)O[C@@H](OC[C@H]5O[C@@H](Oc6cc7c(O[C@@H]8OC(CO)C(O)[C@H](O)C8O)cc(O)cc7[o+]c6-c6cc(OC)c(O)c(OC)c6)C(O)C(O)[C@@H]5O)[C@@H](O)C4O)cc3)C(O)[C@@H](O)[C@@H]2O)ccc1O. The molecular formula is C60H69O31+. The Balaban J connectivity index is 0.821. The number of methoxy groups -OCH3 is 3. The van der Waals surface area contributed by atoms with Gasteiger partial charge in [-0.25, -0.2) is 14.0 Å². The maximum Gasteiger partial charge on any atom is 0.402 e. The molecule has 20 atom stereocenters. The lowest BCUT2D eigenvalue weighted by molar-refractivity contribution is -0.319. The minimum absolute atomic E-state index is 0.0530. The van der Waals surface area contributed by atoms with E-state index in [1.165, 1.54) is 101 Å². The first-order valence-corrected chi connectivity index (χ1v) is 28.0. The lowest BCUT2D eigenvalue weighted by Gasteiger charge is -2.42. The van der Waals surface area contributed by atoms with Gasteiger partial charge >= 0.3 is 23.3 Å². The molecule has 4 aliphatic rings. The molecule has 1 aromatic heterocycles. The minimum atomic E-state index is -2.04. The topological polar surface area (TPSA) is 469 Å². The van der Waals surface area contributed by atoms with Crippen LogP contribution in [-0.2, 0) is 42.7 Å². The molecular weight excluding hydrogens is 1220 g/mol. The Kier molecular flexibility index (Phi) is 21.7. The van der Waals surface area contributed by atoms with Gasteiger partial charge in [0.1, 0.15) is 115 Å². The number of hydrogen-bond acceptors (Lipinski definition) is 30. The summed E-state index contributed by atoms with van der Waals surface area (Å²) in [5.74, 6) is -3.64. The highest BCUT2D eigenvalue weighted by Gasteiger charge is 2.51. The zero-order chi connectivity index (χ0) is 65.7. The molecule has 0 aliphatic carbocycles. The third-order valence-corrected chi connectivity index (χ3v) is 15.2. The van der Waals surface area contributed by atoms with E-state index >= 15 is 0 Å². The molecule has 9 unspecified atom stereocenters. The average molecular weight is 1290 g/mol. The molecule has 0 amide bonds. The van der Waals surface area contributed by atoms with Crippen LogP contribution in [0.1, 0.15) is 18.1 Å². The zero-order valence-electron chi connectivity index (χ0n) is 48.6. The Bertz CT molecular complexity index is 3350. The van der Waals surface area contributed by atoms with E-state index in [2.05, 4.69) is 0 Å². The van der Waals surface area contributed by atoms with E-state index in [-0.39, 0.29) is 62.5 Å².